The first-order valence-electron chi connectivity index (χ1n) is 6.16. The van der Waals surface area contributed by atoms with Crippen LogP contribution in [0.25, 0.3) is 10.1 Å². The molecule has 0 aliphatic rings. The number of hydrogen-bond acceptors (Lipinski definition) is 3. The first-order valence-corrected chi connectivity index (χ1v) is 6.98. The van der Waals surface area contributed by atoms with E-state index in [-0.39, 0.29) is 0 Å². The third kappa shape index (κ3) is 2.51. The number of carboxylic acid groups (broad SMARTS) is 1. The molecule has 20 heavy (non-hydrogen) atoms. The summed E-state index contributed by atoms with van der Waals surface area (Å²) in [5, 5.41) is 10.1. The molecule has 0 aliphatic carbocycles. The first-order chi connectivity index (χ1) is 9.74. The number of para-hydroxylation sites is 1. The summed E-state index contributed by atoms with van der Waals surface area (Å²) in [5.74, 6) is -0.0867. The number of fused-ring (bicyclic) bond motifs is 1. The normalized spacial score (nSPS) is 10.6. The molecule has 0 saturated carbocycles. The van der Waals surface area contributed by atoms with Crippen LogP contribution in [0.5, 0.6) is 5.75 Å². The molecule has 0 fully saturated rings. The Hall–Kier alpha value is -2.33. The predicted molar refractivity (Wildman–Crippen MR) is 79.6 cm³/mol. The van der Waals surface area contributed by atoms with Crippen LogP contribution in [0.4, 0.5) is 0 Å². The van der Waals surface area contributed by atoms with Crippen molar-refractivity contribution in [2.75, 3.05) is 0 Å². The van der Waals surface area contributed by atoms with Crippen molar-refractivity contribution in [3.8, 4) is 5.75 Å². The molecule has 0 unspecified atom stereocenters. The quantitative estimate of drug-likeness (QED) is 0.781. The van der Waals surface area contributed by atoms with E-state index in [4.69, 9.17) is 4.74 Å². The van der Waals surface area contributed by atoms with E-state index in [0.717, 1.165) is 20.7 Å². The Kier molecular flexibility index (Phi) is 3.39. The van der Waals surface area contributed by atoms with Gasteiger partial charge in [-0.1, -0.05) is 30.3 Å². The summed E-state index contributed by atoms with van der Waals surface area (Å²) < 4.78 is 6.48. The highest BCUT2D eigenvalue weighted by Crippen LogP contribution is 2.29. The van der Waals surface area contributed by atoms with Crippen LogP contribution in [-0.2, 0) is 6.61 Å². The van der Waals surface area contributed by atoms with Gasteiger partial charge in [0.2, 0.25) is 0 Å². The molecule has 4 heteroatoms. The number of carboxylic acids is 1. The molecule has 1 aromatic heterocycles. The number of ether oxygens (including phenoxy) is 1. The average Bonchev–Trinajstić information content (AvgIpc) is 2.88. The van der Waals surface area contributed by atoms with Crippen molar-refractivity contribution in [3.05, 3.63) is 65.0 Å². The molecule has 2 aromatic carbocycles. The molecule has 0 saturated heterocycles. The number of aromatic carboxylic acids is 1. The van der Waals surface area contributed by atoms with E-state index < -0.39 is 5.97 Å². The van der Waals surface area contributed by atoms with Gasteiger partial charge >= 0.3 is 5.97 Å². The van der Waals surface area contributed by atoms with Crippen molar-refractivity contribution < 1.29 is 14.6 Å². The summed E-state index contributed by atoms with van der Waals surface area (Å²) in [5.41, 5.74) is 0.346. The third-order valence-electron chi connectivity index (χ3n) is 2.95. The Morgan fingerprint density at radius 1 is 1.10 bits per heavy atom. The molecule has 1 heterocycles. The molecule has 3 rings (SSSR count). The Morgan fingerprint density at radius 3 is 2.65 bits per heavy atom. The van der Waals surface area contributed by atoms with Crippen molar-refractivity contribution in [2.45, 2.75) is 6.61 Å². The van der Waals surface area contributed by atoms with Crippen molar-refractivity contribution in [1.82, 2.24) is 0 Å². The van der Waals surface area contributed by atoms with Gasteiger partial charge in [0.05, 0.1) is 5.56 Å². The highest BCUT2D eigenvalue weighted by atomic mass is 32.1. The third-order valence-corrected chi connectivity index (χ3v) is 4.11. The second-order valence-electron chi connectivity index (χ2n) is 4.34. The van der Waals surface area contributed by atoms with Gasteiger partial charge in [0, 0.05) is 9.58 Å². The molecular weight excluding hydrogens is 272 g/mol. The monoisotopic (exact) mass is 284 g/mol. The summed E-state index contributed by atoms with van der Waals surface area (Å²) in [6, 6.07) is 16.9. The van der Waals surface area contributed by atoms with Gasteiger partial charge in [-0.2, -0.15) is 0 Å². The van der Waals surface area contributed by atoms with Crippen LogP contribution in [0.3, 0.4) is 0 Å². The zero-order valence-electron chi connectivity index (χ0n) is 10.6. The minimum atomic E-state index is -0.895. The molecule has 0 atom stereocenters. The van der Waals surface area contributed by atoms with Gasteiger partial charge in [-0.3, -0.25) is 0 Å². The Morgan fingerprint density at radius 2 is 1.90 bits per heavy atom. The zero-order valence-corrected chi connectivity index (χ0v) is 11.4. The van der Waals surface area contributed by atoms with Crippen molar-refractivity contribution in [1.29, 1.82) is 0 Å². The smallest absolute Gasteiger partial charge is 0.337 e. The molecule has 3 nitrogen and oxygen atoms in total. The van der Waals surface area contributed by atoms with Crippen LogP contribution in [0.2, 0.25) is 0 Å². The van der Waals surface area contributed by atoms with E-state index in [1.807, 2.05) is 42.5 Å². The lowest BCUT2D eigenvalue weighted by molar-refractivity contribution is 0.0699. The van der Waals surface area contributed by atoms with E-state index >= 15 is 0 Å². The fourth-order valence-corrected chi connectivity index (χ4v) is 3.10. The summed E-state index contributed by atoms with van der Waals surface area (Å²) in [6.07, 6.45) is 0. The Labute approximate surface area is 120 Å². The van der Waals surface area contributed by atoms with Gasteiger partial charge in [0.15, 0.2) is 0 Å². The zero-order chi connectivity index (χ0) is 13.9. The topological polar surface area (TPSA) is 46.5 Å². The van der Waals surface area contributed by atoms with E-state index in [0.29, 0.717) is 12.2 Å². The second-order valence-corrected chi connectivity index (χ2v) is 5.48. The Bertz CT molecular complexity index is 747. The van der Waals surface area contributed by atoms with E-state index in [1.54, 1.807) is 12.1 Å². The number of rotatable bonds is 4. The summed E-state index contributed by atoms with van der Waals surface area (Å²) in [4.78, 5) is 12.2. The number of benzene rings is 2. The highest BCUT2D eigenvalue weighted by Gasteiger charge is 2.11. The fraction of sp³-hybridized carbons (Fsp3) is 0.0625. The van der Waals surface area contributed by atoms with Crippen LogP contribution in [0.1, 0.15) is 15.2 Å². The molecule has 0 aliphatic heterocycles. The minimum absolute atomic E-state index is 0.346. The van der Waals surface area contributed by atoms with Gasteiger partial charge in [0.1, 0.15) is 12.4 Å². The van der Waals surface area contributed by atoms with E-state index in [9.17, 15) is 9.90 Å². The maximum atomic E-state index is 11.2. The van der Waals surface area contributed by atoms with E-state index in [2.05, 4.69) is 0 Å². The number of carbonyl (C=O) groups is 1. The van der Waals surface area contributed by atoms with Crippen LogP contribution >= 0.6 is 11.3 Å². The lowest BCUT2D eigenvalue weighted by Gasteiger charge is -2.03. The minimum Gasteiger partial charge on any atom is -0.488 e. The van der Waals surface area contributed by atoms with Crippen molar-refractivity contribution >= 4 is 27.4 Å². The van der Waals surface area contributed by atoms with Gasteiger partial charge < -0.3 is 9.84 Å². The van der Waals surface area contributed by atoms with Gasteiger partial charge in [-0.25, -0.2) is 4.79 Å². The van der Waals surface area contributed by atoms with Gasteiger partial charge in [0.25, 0.3) is 0 Å². The second kappa shape index (κ2) is 5.35. The maximum Gasteiger partial charge on any atom is 0.337 e. The lowest BCUT2D eigenvalue weighted by Crippen LogP contribution is -1.94. The lowest BCUT2D eigenvalue weighted by atomic mass is 10.1. The summed E-state index contributed by atoms with van der Waals surface area (Å²) >= 11 is 1.47. The first kappa shape index (κ1) is 12.7. The molecule has 1 N–H and O–H groups in total. The fourth-order valence-electron chi connectivity index (χ4n) is 2.03. The van der Waals surface area contributed by atoms with Crippen LogP contribution in [0, 0.1) is 0 Å². The van der Waals surface area contributed by atoms with Crippen molar-refractivity contribution in [3.63, 3.8) is 0 Å². The molecule has 0 bridgehead atoms. The number of hydrogen-bond donors (Lipinski definition) is 1. The molecule has 0 amide bonds. The van der Waals surface area contributed by atoms with Crippen LogP contribution in [-0.4, -0.2) is 11.1 Å². The maximum absolute atomic E-state index is 11.2. The summed E-state index contributed by atoms with van der Waals surface area (Å²) in [7, 11) is 0. The van der Waals surface area contributed by atoms with Gasteiger partial charge in [-0.15, -0.1) is 11.3 Å². The van der Waals surface area contributed by atoms with Gasteiger partial charge in [-0.05, 0) is 29.7 Å². The summed E-state index contributed by atoms with van der Waals surface area (Å²) in [6.45, 7) is 0.447. The largest absolute Gasteiger partial charge is 0.488 e. The van der Waals surface area contributed by atoms with Crippen molar-refractivity contribution in [2.24, 2.45) is 0 Å². The highest BCUT2D eigenvalue weighted by molar-refractivity contribution is 7.19. The number of thiophene rings is 1. The predicted octanol–water partition coefficient (Wildman–Crippen LogP) is 4.18. The van der Waals surface area contributed by atoms with E-state index in [1.165, 1.54) is 11.3 Å². The Balaban J connectivity index is 1.86. The van der Waals surface area contributed by atoms with Crippen LogP contribution < -0.4 is 4.74 Å². The molecule has 0 radical (unpaired) electrons. The average molecular weight is 284 g/mol. The standard InChI is InChI=1S/C16H12O3S/c17-16(18)14-8-4-5-11-9-13(20-15(11)14)10-19-12-6-2-1-3-7-12/h1-9H,10H2,(H,17,18). The van der Waals surface area contributed by atoms with Crippen LogP contribution in [0.15, 0.2) is 54.6 Å². The molecule has 3 aromatic rings. The molecule has 0 spiro atoms. The SMILES string of the molecule is O=C(O)c1cccc2cc(COc3ccccc3)sc12. The molecular formula is C16H12O3S. The molecule has 100 valence electrons.